The van der Waals surface area contributed by atoms with Gasteiger partial charge in [-0.3, -0.25) is 14.5 Å². The normalized spacial score (nSPS) is 26.8. The Balaban J connectivity index is 1.51. The number of rotatable bonds is 3. The van der Waals surface area contributed by atoms with Gasteiger partial charge in [-0.1, -0.05) is 18.9 Å². The lowest BCUT2D eigenvalue weighted by Crippen LogP contribution is -2.52. The van der Waals surface area contributed by atoms with E-state index in [0.717, 1.165) is 45.2 Å². The average molecular weight is 319 g/mol. The molecule has 6 heteroatoms. The van der Waals surface area contributed by atoms with E-state index in [0.29, 0.717) is 5.69 Å². The van der Waals surface area contributed by atoms with Crippen LogP contribution in [0, 0.1) is 0 Å². The highest BCUT2D eigenvalue weighted by Crippen LogP contribution is 2.25. The molecule has 0 bridgehead atoms. The Morgan fingerprint density at radius 2 is 1.91 bits per heavy atom. The summed E-state index contributed by atoms with van der Waals surface area (Å²) < 4.78 is 0. The molecular formula is C17H25N3O3. The molecule has 23 heavy (non-hydrogen) atoms. The zero-order chi connectivity index (χ0) is 16.2. The van der Waals surface area contributed by atoms with Gasteiger partial charge in [0, 0.05) is 31.2 Å². The number of likely N-dealkylation sites (tertiary alicyclic amines) is 1. The van der Waals surface area contributed by atoms with Crippen LogP contribution in [0.1, 0.15) is 49.0 Å². The van der Waals surface area contributed by atoms with Crippen molar-refractivity contribution >= 4 is 5.91 Å². The largest absolute Gasteiger partial charge is 0.391 e. The number of aromatic amines is 1. The second kappa shape index (κ2) is 7.27. The molecule has 6 nitrogen and oxygen atoms in total. The Kier molecular flexibility index (Phi) is 5.13. The van der Waals surface area contributed by atoms with Gasteiger partial charge in [0.25, 0.3) is 5.91 Å². The lowest BCUT2D eigenvalue weighted by molar-refractivity contribution is 0.00726. The summed E-state index contributed by atoms with van der Waals surface area (Å²) in [6.45, 7) is 1.80. The Morgan fingerprint density at radius 3 is 2.61 bits per heavy atom. The molecule has 1 aromatic heterocycles. The van der Waals surface area contributed by atoms with Gasteiger partial charge >= 0.3 is 0 Å². The second-order valence-electron chi connectivity index (χ2n) is 6.63. The maximum absolute atomic E-state index is 12.2. The van der Waals surface area contributed by atoms with Gasteiger partial charge in [0.15, 0.2) is 0 Å². The molecule has 0 unspecified atom stereocenters. The fourth-order valence-electron chi connectivity index (χ4n) is 3.74. The van der Waals surface area contributed by atoms with E-state index in [9.17, 15) is 14.7 Å². The fraction of sp³-hybridized carbons (Fsp3) is 0.647. The van der Waals surface area contributed by atoms with Crippen LogP contribution >= 0.6 is 0 Å². The van der Waals surface area contributed by atoms with Crippen molar-refractivity contribution in [1.29, 1.82) is 0 Å². The van der Waals surface area contributed by atoms with Crippen molar-refractivity contribution in [1.82, 2.24) is 15.2 Å². The molecule has 1 aliphatic carbocycles. The van der Waals surface area contributed by atoms with E-state index in [1.54, 1.807) is 12.1 Å². The number of carbonyl (C=O) groups excluding carboxylic acids is 1. The number of piperidine rings is 1. The van der Waals surface area contributed by atoms with E-state index in [-0.39, 0.29) is 29.7 Å². The number of aliphatic hydroxyl groups is 1. The molecule has 0 aromatic carbocycles. The van der Waals surface area contributed by atoms with Gasteiger partial charge in [0.1, 0.15) is 5.69 Å². The number of aromatic nitrogens is 1. The third-order valence-electron chi connectivity index (χ3n) is 5.04. The predicted octanol–water partition coefficient (Wildman–Crippen LogP) is 0.873. The van der Waals surface area contributed by atoms with Gasteiger partial charge in [0.05, 0.1) is 6.10 Å². The van der Waals surface area contributed by atoms with Gasteiger partial charge < -0.3 is 15.4 Å². The van der Waals surface area contributed by atoms with Gasteiger partial charge in [-0.2, -0.15) is 0 Å². The molecule has 126 valence electrons. The third-order valence-corrected chi connectivity index (χ3v) is 5.04. The summed E-state index contributed by atoms with van der Waals surface area (Å²) >= 11 is 0. The number of nitrogens with zero attached hydrogens (tertiary/aromatic N) is 1. The van der Waals surface area contributed by atoms with Gasteiger partial charge in [0.2, 0.25) is 5.56 Å². The summed E-state index contributed by atoms with van der Waals surface area (Å²) in [4.78, 5) is 28.4. The maximum Gasteiger partial charge on any atom is 0.268 e. The summed E-state index contributed by atoms with van der Waals surface area (Å²) in [5.74, 6) is -0.223. The number of carbonyl (C=O) groups is 1. The van der Waals surface area contributed by atoms with E-state index >= 15 is 0 Å². The first kappa shape index (κ1) is 16.2. The number of pyridine rings is 1. The highest BCUT2D eigenvalue weighted by atomic mass is 16.3. The first-order chi connectivity index (χ1) is 11.1. The van der Waals surface area contributed by atoms with Crippen LogP contribution in [0.25, 0.3) is 0 Å². The van der Waals surface area contributed by atoms with E-state index in [1.807, 2.05) is 0 Å². The number of amides is 1. The van der Waals surface area contributed by atoms with Crippen LogP contribution in [0.15, 0.2) is 23.0 Å². The Morgan fingerprint density at radius 1 is 1.17 bits per heavy atom. The van der Waals surface area contributed by atoms with Crippen LogP contribution in [-0.4, -0.2) is 52.2 Å². The molecule has 1 aromatic rings. The van der Waals surface area contributed by atoms with E-state index in [1.165, 1.54) is 12.5 Å². The molecule has 2 fully saturated rings. The highest BCUT2D eigenvalue weighted by molar-refractivity contribution is 5.92. The quantitative estimate of drug-likeness (QED) is 0.772. The van der Waals surface area contributed by atoms with E-state index in [4.69, 9.17) is 0 Å². The number of nitrogens with one attached hydrogen (secondary N) is 2. The predicted molar refractivity (Wildman–Crippen MR) is 87.4 cm³/mol. The van der Waals surface area contributed by atoms with Crippen LogP contribution in [0.3, 0.4) is 0 Å². The third kappa shape index (κ3) is 4.00. The van der Waals surface area contributed by atoms with Crippen LogP contribution in [0.5, 0.6) is 0 Å². The summed E-state index contributed by atoms with van der Waals surface area (Å²) in [7, 11) is 0. The molecular weight excluding hydrogens is 294 g/mol. The fourth-order valence-corrected chi connectivity index (χ4v) is 3.74. The monoisotopic (exact) mass is 319 g/mol. The molecule has 1 aliphatic heterocycles. The molecule has 2 atom stereocenters. The molecule has 0 spiro atoms. The van der Waals surface area contributed by atoms with E-state index < -0.39 is 0 Å². The summed E-state index contributed by atoms with van der Waals surface area (Å²) in [6, 6.07) is 5.00. The van der Waals surface area contributed by atoms with Gasteiger partial charge in [-0.15, -0.1) is 0 Å². The number of H-pyrrole nitrogens is 1. The van der Waals surface area contributed by atoms with Crippen LogP contribution in [-0.2, 0) is 0 Å². The second-order valence-corrected chi connectivity index (χ2v) is 6.63. The number of hydrogen-bond acceptors (Lipinski definition) is 4. The SMILES string of the molecule is O=C(NC1CCN([C@@H]2CCCC[C@@H]2O)CC1)c1cccc(=O)[nH]1. The van der Waals surface area contributed by atoms with Gasteiger partial charge in [-0.05, 0) is 31.7 Å². The van der Waals surface area contributed by atoms with Gasteiger partial charge in [-0.25, -0.2) is 0 Å². The Bertz CT molecular complexity index is 593. The molecule has 0 radical (unpaired) electrons. The topological polar surface area (TPSA) is 85.4 Å². The average Bonchev–Trinajstić information content (AvgIpc) is 2.56. The molecule has 2 heterocycles. The summed E-state index contributed by atoms with van der Waals surface area (Å²) in [5, 5.41) is 13.2. The number of aliphatic hydroxyl groups excluding tert-OH is 1. The molecule has 1 saturated heterocycles. The lowest BCUT2D eigenvalue weighted by Gasteiger charge is -2.41. The molecule has 2 aliphatic rings. The van der Waals surface area contributed by atoms with Crippen molar-refractivity contribution < 1.29 is 9.90 Å². The van der Waals surface area contributed by atoms with Crippen molar-refractivity contribution in [2.45, 2.75) is 56.7 Å². The van der Waals surface area contributed by atoms with Crippen molar-refractivity contribution in [3.8, 4) is 0 Å². The zero-order valence-electron chi connectivity index (χ0n) is 13.3. The van der Waals surface area contributed by atoms with Crippen molar-refractivity contribution in [2.24, 2.45) is 0 Å². The van der Waals surface area contributed by atoms with E-state index in [2.05, 4.69) is 15.2 Å². The van der Waals surface area contributed by atoms with Crippen LogP contribution in [0.4, 0.5) is 0 Å². The van der Waals surface area contributed by atoms with Crippen molar-refractivity contribution in [3.05, 3.63) is 34.2 Å². The zero-order valence-corrected chi connectivity index (χ0v) is 13.3. The number of hydrogen-bond donors (Lipinski definition) is 3. The standard InChI is InChI=1S/C17H25N3O3/c21-15-6-2-1-5-14(15)20-10-8-12(9-11-20)18-17(23)13-4-3-7-16(22)19-13/h3-4,7,12,14-15,21H,1-2,5-6,8-11H2,(H,18,23)(H,19,22)/t14-,15+/m1/s1. The molecule has 3 N–H and O–H groups in total. The van der Waals surface area contributed by atoms with Crippen molar-refractivity contribution in [3.63, 3.8) is 0 Å². The maximum atomic E-state index is 12.2. The minimum absolute atomic E-state index is 0.128. The lowest BCUT2D eigenvalue weighted by atomic mass is 9.89. The van der Waals surface area contributed by atoms with Crippen molar-refractivity contribution in [2.75, 3.05) is 13.1 Å². The molecule has 3 rings (SSSR count). The minimum atomic E-state index is -0.265. The Labute approximate surface area is 135 Å². The first-order valence-electron chi connectivity index (χ1n) is 8.56. The highest BCUT2D eigenvalue weighted by Gasteiger charge is 2.31. The Hall–Kier alpha value is -1.66. The molecule has 1 amide bonds. The smallest absolute Gasteiger partial charge is 0.268 e. The van der Waals surface area contributed by atoms with Crippen LogP contribution < -0.4 is 10.9 Å². The van der Waals surface area contributed by atoms with Crippen LogP contribution in [0.2, 0.25) is 0 Å². The molecule has 1 saturated carbocycles. The minimum Gasteiger partial charge on any atom is -0.391 e. The summed E-state index contributed by atoms with van der Waals surface area (Å²) in [5.41, 5.74) is 0.0430. The summed E-state index contributed by atoms with van der Waals surface area (Å²) in [6.07, 6.45) is 5.85. The first-order valence-corrected chi connectivity index (χ1v) is 8.56.